The lowest BCUT2D eigenvalue weighted by molar-refractivity contribution is 0.630. The third-order valence-corrected chi connectivity index (χ3v) is 2.07. The maximum Gasteiger partial charge on any atom is 0.205 e. The summed E-state index contributed by atoms with van der Waals surface area (Å²) in [5, 5.41) is 12.7. The third kappa shape index (κ3) is 1.86. The lowest BCUT2D eigenvalue weighted by Crippen LogP contribution is -1.91. The van der Waals surface area contributed by atoms with Gasteiger partial charge in [-0.1, -0.05) is 23.2 Å². The van der Waals surface area contributed by atoms with Gasteiger partial charge >= 0.3 is 0 Å². The first kappa shape index (κ1) is 9.43. The Morgan fingerprint density at radius 1 is 1.14 bits per heavy atom. The van der Waals surface area contributed by atoms with Gasteiger partial charge in [0, 0.05) is 15.6 Å². The number of nitrogens with zero attached hydrogens (tertiary/aromatic N) is 4. The van der Waals surface area contributed by atoms with E-state index in [1.807, 2.05) is 0 Å². The molecular weight excluding hydrogens is 223 g/mol. The Labute approximate surface area is 90.4 Å². The average molecular weight is 229 g/mol. The van der Waals surface area contributed by atoms with Crippen molar-refractivity contribution >= 4 is 23.2 Å². The Kier molecular flexibility index (Phi) is 2.39. The molecule has 14 heavy (non-hydrogen) atoms. The minimum atomic E-state index is 0.511. The van der Waals surface area contributed by atoms with Crippen molar-refractivity contribution in [2.24, 2.45) is 7.05 Å². The number of halogens is 2. The summed E-state index contributed by atoms with van der Waals surface area (Å²) in [7, 11) is 1.70. The van der Waals surface area contributed by atoms with Crippen LogP contribution in [0.3, 0.4) is 0 Å². The molecule has 0 spiro atoms. The van der Waals surface area contributed by atoms with Crippen LogP contribution in [0.1, 0.15) is 0 Å². The number of tetrazole rings is 1. The van der Waals surface area contributed by atoms with Crippen molar-refractivity contribution < 1.29 is 0 Å². The SMILES string of the molecule is Cn1nnc(-c2cc(Cl)cc(Cl)c2)n1. The number of hydrogen-bond donors (Lipinski definition) is 0. The van der Waals surface area contributed by atoms with Crippen molar-refractivity contribution in [2.45, 2.75) is 0 Å². The normalized spacial score (nSPS) is 10.5. The highest BCUT2D eigenvalue weighted by atomic mass is 35.5. The third-order valence-electron chi connectivity index (χ3n) is 1.63. The molecule has 0 saturated carbocycles. The maximum absolute atomic E-state index is 5.84. The molecule has 2 aromatic rings. The predicted molar refractivity (Wildman–Crippen MR) is 54.3 cm³/mol. The van der Waals surface area contributed by atoms with Gasteiger partial charge in [0.1, 0.15) is 0 Å². The van der Waals surface area contributed by atoms with E-state index in [4.69, 9.17) is 23.2 Å². The van der Waals surface area contributed by atoms with Gasteiger partial charge in [0.15, 0.2) is 0 Å². The Hall–Kier alpha value is -1.13. The van der Waals surface area contributed by atoms with Crippen LogP contribution in [-0.2, 0) is 7.05 Å². The summed E-state index contributed by atoms with van der Waals surface area (Å²) >= 11 is 11.7. The first-order valence-electron chi connectivity index (χ1n) is 3.85. The van der Waals surface area contributed by atoms with Crippen LogP contribution < -0.4 is 0 Å². The Balaban J connectivity index is 2.51. The number of aromatic nitrogens is 4. The molecule has 0 amide bonds. The zero-order valence-electron chi connectivity index (χ0n) is 7.28. The van der Waals surface area contributed by atoms with E-state index >= 15 is 0 Å². The van der Waals surface area contributed by atoms with Crippen molar-refractivity contribution in [3.63, 3.8) is 0 Å². The van der Waals surface area contributed by atoms with E-state index < -0.39 is 0 Å². The minimum Gasteiger partial charge on any atom is -0.167 e. The smallest absolute Gasteiger partial charge is 0.167 e. The quantitative estimate of drug-likeness (QED) is 0.752. The van der Waals surface area contributed by atoms with Crippen LogP contribution in [0, 0.1) is 0 Å². The lowest BCUT2D eigenvalue weighted by atomic mass is 10.2. The monoisotopic (exact) mass is 228 g/mol. The van der Waals surface area contributed by atoms with Crippen LogP contribution >= 0.6 is 23.2 Å². The summed E-state index contributed by atoms with van der Waals surface area (Å²) in [6.45, 7) is 0. The highest BCUT2D eigenvalue weighted by Crippen LogP contribution is 2.24. The van der Waals surface area contributed by atoms with E-state index in [1.165, 1.54) is 4.80 Å². The lowest BCUT2D eigenvalue weighted by Gasteiger charge is -1.96. The molecule has 0 bridgehead atoms. The second-order valence-corrected chi connectivity index (χ2v) is 3.63. The van der Waals surface area contributed by atoms with Crippen molar-refractivity contribution in [1.29, 1.82) is 0 Å². The molecule has 0 saturated heterocycles. The highest BCUT2D eigenvalue weighted by Gasteiger charge is 2.06. The van der Waals surface area contributed by atoms with Crippen molar-refractivity contribution in [2.75, 3.05) is 0 Å². The van der Waals surface area contributed by atoms with E-state index in [9.17, 15) is 0 Å². The first-order chi connectivity index (χ1) is 6.65. The fourth-order valence-corrected chi connectivity index (χ4v) is 1.61. The summed E-state index contributed by atoms with van der Waals surface area (Å²) in [5.41, 5.74) is 0.760. The molecule has 4 nitrogen and oxygen atoms in total. The van der Waals surface area contributed by atoms with Gasteiger partial charge in [0.05, 0.1) is 7.05 Å². The van der Waals surface area contributed by atoms with Crippen LogP contribution in [0.25, 0.3) is 11.4 Å². The average Bonchev–Trinajstić information content (AvgIpc) is 2.50. The summed E-state index contributed by atoms with van der Waals surface area (Å²) in [4.78, 5) is 1.38. The largest absolute Gasteiger partial charge is 0.205 e. The summed E-state index contributed by atoms with van der Waals surface area (Å²) in [6, 6.07) is 5.14. The maximum atomic E-state index is 5.84. The topological polar surface area (TPSA) is 43.6 Å². The van der Waals surface area contributed by atoms with Gasteiger partial charge in [-0.05, 0) is 23.4 Å². The van der Waals surface area contributed by atoms with E-state index in [-0.39, 0.29) is 0 Å². The molecular formula is C8H6Cl2N4. The van der Waals surface area contributed by atoms with E-state index in [2.05, 4.69) is 15.4 Å². The number of rotatable bonds is 1. The van der Waals surface area contributed by atoms with Crippen molar-refractivity contribution in [1.82, 2.24) is 20.2 Å². The van der Waals surface area contributed by atoms with Crippen LogP contribution in [-0.4, -0.2) is 20.2 Å². The summed E-state index contributed by atoms with van der Waals surface area (Å²) in [5.74, 6) is 0.511. The van der Waals surface area contributed by atoms with Crippen LogP contribution in [0.4, 0.5) is 0 Å². The fourth-order valence-electron chi connectivity index (χ4n) is 1.08. The first-order valence-corrected chi connectivity index (χ1v) is 4.61. The molecule has 0 radical (unpaired) electrons. The molecule has 1 aromatic carbocycles. The van der Waals surface area contributed by atoms with E-state index in [0.29, 0.717) is 15.9 Å². The van der Waals surface area contributed by atoms with Gasteiger partial charge < -0.3 is 0 Å². The van der Waals surface area contributed by atoms with Gasteiger partial charge in [-0.3, -0.25) is 0 Å². The highest BCUT2D eigenvalue weighted by molar-refractivity contribution is 6.35. The van der Waals surface area contributed by atoms with Crippen LogP contribution in [0.15, 0.2) is 18.2 Å². The number of hydrogen-bond acceptors (Lipinski definition) is 3. The molecule has 1 aromatic heterocycles. The minimum absolute atomic E-state index is 0.511. The molecule has 0 N–H and O–H groups in total. The van der Waals surface area contributed by atoms with Crippen molar-refractivity contribution in [3.05, 3.63) is 28.2 Å². The number of aryl methyl sites for hydroxylation is 1. The molecule has 0 unspecified atom stereocenters. The number of benzene rings is 1. The van der Waals surface area contributed by atoms with Gasteiger partial charge in [0.2, 0.25) is 5.82 Å². The van der Waals surface area contributed by atoms with Gasteiger partial charge in [0.25, 0.3) is 0 Å². The molecule has 0 atom stereocenters. The van der Waals surface area contributed by atoms with Crippen molar-refractivity contribution in [3.8, 4) is 11.4 Å². The zero-order chi connectivity index (χ0) is 10.1. The molecule has 1 heterocycles. The van der Waals surface area contributed by atoms with Gasteiger partial charge in [-0.25, -0.2) is 0 Å². The van der Waals surface area contributed by atoms with Crippen LogP contribution in [0.5, 0.6) is 0 Å². The Morgan fingerprint density at radius 2 is 1.79 bits per heavy atom. The molecule has 2 rings (SSSR count). The Bertz CT molecular complexity index is 446. The summed E-state index contributed by atoms with van der Waals surface area (Å²) < 4.78 is 0. The predicted octanol–water partition coefficient (Wildman–Crippen LogP) is 2.18. The van der Waals surface area contributed by atoms with E-state index in [1.54, 1.807) is 25.2 Å². The second-order valence-electron chi connectivity index (χ2n) is 2.76. The second kappa shape index (κ2) is 3.55. The zero-order valence-corrected chi connectivity index (χ0v) is 8.79. The standard InChI is InChI=1S/C8H6Cl2N4/c1-14-12-8(11-13-14)5-2-6(9)4-7(10)3-5/h2-4H,1H3. The Morgan fingerprint density at radius 3 is 2.29 bits per heavy atom. The molecule has 0 aliphatic heterocycles. The van der Waals surface area contributed by atoms with E-state index in [0.717, 1.165) is 5.56 Å². The molecule has 6 heteroatoms. The van der Waals surface area contributed by atoms with Gasteiger partial charge in [-0.15, -0.1) is 10.2 Å². The fraction of sp³-hybridized carbons (Fsp3) is 0.125. The summed E-state index contributed by atoms with van der Waals surface area (Å²) in [6.07, 6.45) is 0. The van der Waals surface area contributed by atoms with Crippen LogP contribution in [0.2, 0.25) is 10.0 Å². The molecule has 0 aliphatic rings. The molecule has 72 valence electrons. The molecule has 0 aliphatic carbocycles. The molecule has 0 fully saturated rings. The van der Waals surface area contributed by atoms with Gasteiger partial charge in [-0.2, -0.15) is 4.80 Å².